The van der Waals surface area contributed by atoms with E-state index in [1.54, 1.807) is 0 Å². The van der Waals surface area contributed by atoms with Crippen LogP contribution in [0, 0.1) is 11.8 Å². The van der Waals surface area contributed by atoms with Crippen LogP contribution in [0.25, 0.3) is 0 Å². The van der Waals surface area contributed by atoms with Gasteiger partial charge in [0.15, 0.2) is 0 Å². The Morgan fingerprint density at radius 3 is 2.64 bits per heavy atom. The number of hydrogen-bond acceptors (Lipinski definition) is 2. The number of amides is 1. The Labute approximate surface area is 86.9 Å². The third-order valence-corrected chi connectivity index (χ3v) is 3.19. The maximum atomic E-state index is 11.9. The Kier molecular flexibility index (Phi) is 3.93. The van der Waals surface area contributed by atoms with E-state index in [1.807, 2.05) is 19.0 Å². The van der Waals surface area contributed by atoms with E-state index in [2.05, 4.69) is 19.2 Å². The fraction of sp³-hybridized carbons (Fsp3) is 0.909. The van der Waals surface area contributed by atoms with Gasteiger partial charge >= 0.3 is 0 Å². The minimum Gasteiger partial charge on any atom is -0.345 e. The van der Waals surface area contributed by atoms with Crippen molar-refractivity contribution in [1.82, 2.24) is 10.2 Å². The Bertz CT molecular complexity index is 203. The lowest BCUT2D eigenvalue weighted by atomic mass is 9.84. The Morgan fingerprint density at radius 2 is 2.14 bits per heavy atom. The van der Waals surface area contributed by atoms with Gasteiger partial charge in [-0.3, -0.25) is 4.79 Å². The monoisotopic (exact) mass is 198 g/mol. The molecule has 2 unspecified atom stereocenters. The molecule has 1 N–H and O–H groups in total. The molecule has 1 rings (SSSR count). The number of rotatable bonds is 3. The topological polar surface area (TPSA) is 32.3 Å². The highest BCUT2D eigenvalue weighted by molar-refractivity contribution is 5.80. The molecule has 2 atom stereocenters. The summed E-state index contributed by atoms with van der Waals surface area (Å²) >= 11 is 0. The van der Waals surface area contributed by atoms with Gasteiger partial charge in [-0.25, -0.2) is 0 Å². The molecule has 0 aromatic carbocycles. The molecule has 0 aromatic rings. The molecule has 1 aliphatic rings. The van der Waals surface area contributed by atoms with E-state index in [0.29, 0.717) is 17.9 Å². The van der Waals surface area contributed by atoms with Gasteiger partial charge in [0, 0.05) is 19.6 Å². The van der Waals surface area contributed by atoms with Gasteiger partial charge in [-0.2, -0.15) is 0 Å². The first-order valence-corrected chi connectivity index (χ1v) is 5.50. The minimum absolute atomic E-state index is 0.179. The lowest BCUT2D eigenvalue weighted by Crippen LogP contribution is -2.49. The highest BCUT2D eigenvalue weighted by Crippen LogP contribution is 2.23. The lowest BCUT2D eigenvalue weighted by molar-refractivity contribution is -0.138. The summed E-state index contributed by atoms with van der Waals surface area (Å²) in [6, 6.07) is 0.324. The number of carbonyl (C=O) groups excluding carboxylic acids is 1. The molecule has 0 bridgehead atoms. The largest absolute Gasteiger partial charge is 0.345 e. The second kappa shape index (κ2) is 4.78. The van der Waals surface area contributed by atoms with Gasteiger partial charge in [-0.15, -0.1) is 0 Å². The van der Waals surface area contributed by atoms with Gasteiger partial charge in [-0.05, 0) is 25.8 Å². The molecule has 3 nitrogen and oxygen atoms in total. The van der Waals surface area contributed by atoms with Crippen LogP contribution >= 0.6 is 0 Å². The summed E-state index contributed by atoms with van der Waals surface area (Å²) in [4.78, 5) is 13.8. The smallest absolute Gasteiger partial charge is 0.227 e. The predicted octanol–water partition coefficient (Wildman–Crippen LogP) is 1.10. The molecule has 0 aromatic heterocycles. The molecule has 1 aliphatic heterocycles. The lowest BCUT2D eigenvalue weighted by Gasteiger charge is -2.35. The SMILES string of the molecule is CNC(C(C)C)C1CCCN(C)C1=O. The van der Waals surface area contributed by atoms with Gasteiger partial charge in [0.2, 0.25) is 5.91 Å². The van der Waals surface area contributed by atoms with Crippen LogP contribution in [0.1, 0.15) is 26.7 Å². The van der Waals surface area contributed by atoms with Gasteiger partial charge in [0.1, 0.15) is 0 Å². The fourth-order valence-corrected chi connectivity index (χ4v) is 2.40. The van der Waals surface area contributed by atoms with Crippen LogP contribution < -0.4 is 5.32 Å². The van der Waals surface area contributed by atoms with Crippen LogP contribution in [-0.4, -0.2) is 37.5 Å². The molecule has 1 fully saturated rings. The Hall–Kier alpha value is -0.570. The number of nitrogens with one attached hydrogen (secondary N) is 1. The van der Waals surface area contributed by atoms with Gasteiger partial charge in [0.25, 0.3) is 0 Å². The molecular weight excluding hydrogens is 176 g/mol. The standard InChI is InChI=1S/C11H22N2O/c1-8(2)10(12-3)9-6-5-7-13(4)11(9)14/h8-10,12H,5-7H2,1-4H3. The summed E-state index contributed by atoms with van der Waals surface area (Å²) in [5.74, 6) is 1.00. The molecule has 0 saturated carbocycles. The zero-order valence-corrected chi connectivity index (χ0v) is 9.71. The van der Waals surface area contributed by atoms with Gasteiger partial charge < -0.3 is 10.2 Å². The van der Waals surface area contributed by atoms with Crippen molar-refractivity contribution in [3.05, 3.63) is 0 Å². The zero-order chi connectivity index (χ0) is 10.7. The first kappa shape index (κ1) is 11.5. The predicted molar refractivity (Wildman–Crippen MR) is 58.0 cm³/mol. The molecule has 0 aliphatic carbocycles. The van der Waals surface area contributed by atoms with Crippen molar-refractivity contribution in [2.24, 2.45) is 11.8 Å². The van der Waals surface area contributed by atoms with E-state index in [0.717, 1.165) is 19.4 Å². The number of carbonyl (C=O) groups is 1. The number of piperidine rings is 1. The summed E-state index contributed by atoms with van der Waals surface area (Å²) < 4.78 is 0. The number of hydrogen-bond donors (Lipinski definition) is 1. The molecule has 1 heterocycles. The number of likely N-dealkylation sites (tertiary alicyclic amines) is 1. The highest BCUT2D eigenvalue weighted by Gasteiger charge is 2.33. The summed E-state index contributed by atoms with van der Waals surface area (Å²) in [5, 5.41) is 3.27. The molecule has 0 spiro atoms. The maximum absolute atomic E-state index is 11.9. The van der Waals surface area contributed by atoms with E-state index in [9.17, 15) is 4.79 Å². The summed E-state index contributed by atoms with van der Waals surface area (Å²) in [6.07, 6.45) is 2.17. The quantitative estimate of drug-likeness (QED) is 0.736. The van der Waals surface area contributed by atoms with E-state index < -0.39 is 0 Å². The van der Waals surface area contributed by atoms with Crippen LogP contribution in [0.2, 0.25) is 0 Å². The van der Waals surface area contributed by atoms with Crippen LogP contribution in [0.3, 0.4) is 0 Å². The van der Waals surface area contributed by atoms with Crippen LogP contribution in [0.4, 0.5) is 0 Å². The van der Waals surface area contributed by atoms with Crippen molar-refractivity contribution < 1.29 is 4.79 Å². The normalized spacial score (nSPS) is 25.6. The average molecular weight is 198 g/mol. The second-order valence-corrected chi connectivity index (χ2v) is 4.57. The highest BCUT2D eigenvalue weighted by atomic mass is 16.2. The second-order valence-electron chi connectivity index (χ2n) is 4.57. The fourth-order valence-electron chi connectivity index (χ4n) is 2.40. The van der Waals surface area contributed by atoms with E-state index in [1.165, 1.54) is 0 Å². The Morgan fingerprint density at radius 1 is 1.50 bits per heavy atom. The van der Waals surface area contributed by atoms with E-state index >= 15 is 0 Å². The van der Waals surface area contributed by atoms with Crippen molar-refractivity contribution in [2.75, 3.05) is 20.6 Å². The average Bonchev–Trinajstić information content (AvgIpc) is 2.13. The van der Waals surface area contributed by atoms with Crippen molar-refractivity contribution in [3.8, 4) is 0 Å². The molecule has 82 valence electrons. The van der Waals surface area contributed by atoms with Crippen molar-refractivity contribution in [2.45, 2.75) is 32.7 Å². The van der Waals surface area contributed by atoms with E-state index in [4.69, 9.17) is 0 Å². The van der Waals surface area contributed by atoms with Crippen molar-refractivity contribution >= 4 is 5.91 Å². The molecule has 1 saturated heterocycles. The summed E-state index contributed by atoms with van der Waals surface area (Å²) in [5.41, 5.74) is 0. The van der Waals surface area contributed by atoms with Gasteiger partial charge in [0.05, 0.1) is 5.92 Å². The van der Waals surface area contributed by atoms with E-state index in [-0.39, 0.29) is 5.92 Å². The van der Waals surface area contributed by atoms with Crippen LogP contribution in [0.15, 0.2) is 0 Å². The van der Waals surface area contributed by atoms with Crippen molar-refractivity contribution in [3.63, 3.8) is 0 Å². The van der Waals surface area contributed by atoms with Crippen LogP contribution in [0.5, 0.6) is 0 Å². The minimum atomic E-state index is 0.179. The van der Waals surface area contributed by atoms with Gasteiger partial charge in [-0.1, -0.05) is 13.8 Å². The molecule has 14 heavy (non-hydrogen) atoms. The molecule has 0 radical (unpaired) electrons. The zero-order valence-electron chi connectivity index (χ0n) is 9.71. The molecule has 1 amide bonds. The first-order valence-electron chi connectivity index (χ1n) is 5.50. The summed E-state index contributed by atoms with van der Waals surface area (Å²) in [6.45, 7) is 5.26. The Balaban J connectivity index is 2.69. The maximum Gasteiger partial charge on any atom is 0.227 e. The third kappa shape index (κ3) is 2.27. The molecule has 3 heteroatoms. The van der Waals surface area contributed by atoms with Crippen LogP contribution in [-0.2, 0) is 4.79 Å². The number of nitrogens with zero attached hydrogens (tertiary/aromatic N) is 1. The first-order chi connectivity index (χ1) is 6.57. The van der Waals surface area contributed by atoms with Crippen molar-refractivity contribution in [1.29, 1.82) is 0 Å². The molecular formula is C11H22N2O. The third-order valence-electron chi connectivity index (χ3n) is 3.19. The summed E-state index contributed by atoms with van der Waals surface area (Å²) in [7, 11) is 3.86.